The average molecular weight is 359 g/mol. The summed E-state index contributed by atoms with van der Waals surface area (Å²) in [7, 11) is 0. The highest BCUT2D eigenvalue weighted by molar-refractivity contribution is 5.79. The van der Waals surface area contributed by atoms with Crippen molar-refractivity contribution in [2.45, 2.75) is 20.8 Å². The Kier molecular flexibility index (Phi) is 5.92. The molecule has 2 aromatic rings. The number of hydrogen-bond donors (Lipinski definition) is 0. The number of para-hydroxylation sites is 3. The second-order valence-electron chi connectivity index (χ2n) is 6.30. The number of anilines is 1. The van der Waals surface area contributed by atoms with Crippen molar-refractivity contribution in [1.29, 1.82) is 0 Å². The van der Waals surface area contributed by atoms with Gasteiger partial charge < -0.3 is 9.64 Å². The van der Waals surface area contributed by atoms with E-state index in [9.17, 15) is 0 Å². The number of nitrogens with zero attached hydrogens (tertiary/aromatic N) is 2. The summed E-state index contributed by atoms with van der Waals surface area (Å²) in [5.41, 5.74) is 4.58. The minimum atomic E-state index is 0.853. The lowest BCUT2D eigenvalue weighted by atomic mass is 10.0. The fourth-order valence-corrected chi connectivity index (χ4v) is 3.24. The third-order valence-corrected chi connectivity index (χ3v) is 4.72. The first kappa shape index (κ1) is 18.7. The van der Waals surface area contributed by atoms with Crippen LogP contribution >= 0.6 is 0 Å². The maximum absolute atomic E-state index is 6.01. The summed E-state index contributed by atoms with van der Waals surface area (Å²) in [5.74, 6) is 1.76. The Morgan fingerprint density at radius 3 is 2.59 bits per heavy atom. The summed E-state index contributed by atoms with van der Waals surface area (Å²) in [6.45, 7) is 12.2. The van der Waals surface area contributed by atoms with Gasteiger partial charge in [-0.1, -0.05) is 42.5 Å². The summed E-state index contributed by atoms with van der Waals surface area (Å²) in [6.07, 6.45) is 8.32. The van der Waals surface area contributed by atoms with Gasteiger partial charge in [-0.2, -0.15) is 0 Å². The predicted octanol–water partition coefficient (Wildman–Crippen LogP) is 5.77. The van der Waals surface area contributed by atoms with Crippen LogP contribution in [0.2, 0.25) is 0 Å². The SMILES string of the molecule is C=[N+](CC)c1ccccc1C(=C\C)/C=C/C=C1\Oc2ccccc2N1CC. The molecule has 0 aromatic heterocycles. The fourth-order valence-electron chi connectivity index (χ4n) is 3.24. The number of ether oxygens (including phenoxy) is 1. The van der Waals surface area contributed by atoms with Crippen molar-refractivity contribution >= 4 is 23.7 Å². The van der Waals surface area contributed by atoms with Gasteiger partial charge in [0.05, 0.1) is 11.3 Å². The summed E-state index contributed by atoms with van der Waals surface area (Å²) in [5, 5.41) is 0. The summed E-state index contributed by atoms with van der Waals surface area (Å²) in [6, 6.07) is 16.5. The first-order chi connectivity index (χ1) is 13.2. The monoisotopic (exact) mass is 359 g/mol. The summed E-state index contributed by atoms with van der Waals surface area (Å²) < 4.78 is 8.02. The maximum Gasteiger partial charge on any atom is 0.212 e. The molecule has 0 bridgehead atoms. The van der Waals surface area contributed by atoms with E-state index < -0.39 is 0 Å². The molecular weight excluding hydrogens is 332 g/mol. The van der Waals surface area contributed by atoms with Crippen LogP contribution in [0.4, 0.5) is 11.4 Å². The quantitative estimate of drug-likeness (QED) is 0.369. The minimum Gasteiger partial charge on any atom is -0.439 e. The molecule has 3 heteroatoms. The molecular formula is C24H27N2O+. The van der Waals surface area contributed by atoms with Gasteiger partial charge >= 0.3 is 0 Å². The molecule has 0 saturated heterocycles. The van der Waals surface area contributed by atoms with Gasteiger partial charge in [0.15, 0.2) is 5.75 Å². The molecule has 3 nitrogen and oxygen atoms in total. The number of allylic oxidation sites excluding steroid dienone is 5. The summed E-state index contributed by atoms with van der Waals surface area (Å²) in [4.78, 5) is 2.18. The van der Waals surface area contributed by atoms with Crippen molar-refractivity contribution in [3.63, 3.8) is 0 Å². The first-order valence-electron chi connectivity index (χ1n) is 9.46. The van der Waals surface area contributed by atoms with Crippen LogP contribution in [0.3, 0.4) is 0 Å². The van der Waals surface area contributed by atoms with E-state index in [1.165, 1.54) is 5.56 Å². The van der Waals surface area contributed by atoms with Crippen molar-refractivity contribution in [3.8, 4) is 5.75 Å². The van der Waals surface area contributed by atoms with Crippen molar-refractivity contribution in [2.75, 3.05) is 18.0 Å². The van der Waals surface area contributed by atoms with Crippen LogP contribution in [0.1, 0.15) is 26.3 Å². The molecule has 1 aliphatic heterocycles. The van der Waals surface area contributed by atoms with Crippen LogP contribution < -0.4 is 9.64 Å². The van der Waals surface area contributed by atoms with Gasteiger partial charge in [-0.3, -0.25) is 0 Å². The third kappa shape index (κ3) is 3.87. The van der Waals surface area contributed by atoms with Crippen molar-refractivity contribution < 1.29 is 9.31 Å². The van der Waals surface area contributed by atoms with Crippen LogP contribution in [-0.2, 0) is 0 Å². The van der Waals surface area contributed by atoms with E-state index >= 15 is 0 Å². The van der Waals surface area contributed by atoms with E-state index in [-0.39, 0.29) is 0 Å². The Balaban J connectivity index is 1.86. The van der Waals surface area contributed by atoms with Crippen LogP contribution in [0.15, 0.2) is 78.7 Å². The molecule has 0 spiro atoms. The fraction of sp³-hybridized carbons (Fsp3) is 0.208. The second-order valence-corrected chi connectivity index (χ2v) is 6.30. The van der Waals surface area contributed by atoms with Crippen molar-refractivity contribution in [3.05, 3.63) is 84.3 Å². The smallest absolute Gasteiger partial charge is 0.212 e. The Morgan fingerprint density at radius 2 is 1.85 bits per heavy atom. The highest BCUT2D eigenvalue weighted by atomic mass is 16.5. The molecule has 2 aromatic carbocycles. The van der Waals surface area contributed by atoms with E-state index in [0.717, 1.165) is 41.7 Å². The molecule has 0 saturated carbocycles. The lowest BCUT2D eigenvalue weighted by molar-refractivity contribution is -0.426. The molecule has 1 heterocycles. The maximum atomic E-state index is 6.01. The molecule has 138 valence electrons. The van der Waals surface area contributed by atoms with E-state index in [1.54, 1.807) is 0 Å². The molecule has 0 fully saturated rings. The molecule has 0 amide bonds. The number of fused-ring (bicyclic) bond motifs is 1. The predicted molar refractivity (Wildman–Crippen MR) is 115 cm³/mol. The zero-order valence-electron chi connectivity index (χ0n) is 16.4. The highest BCUT2D eigenvalue weighted by Gasteiger charge is 2.23. The van der Waals surface area contributed by atoms with E-state index in [2.05, 4.69) is 74.9 Å². The van der Waals surface area contributed by atoms with Crippen LogP contribution in [0.5, 0.6) is 5.75 Å². The Labute approximate surface area is 162 Å². The zero-order chi connectivity index (χ0) is 19.2. The topological polar surface area (TPSA) is 15.5 Å². The Hall–Kier alpha value is -3.07. The number of hydrogen-bond acceptors (Lipinski definition) is 2. The molecule has 0 aliphatic carbocycles. The van der Waals surface area contributed by atoms with Gasteiger partial charge in [-0.15, -0.1) is 0 Å². The lowest BCUT2D eigenvalue weighted by Crippen LogP contribution is -2.18. The molecule has 0 N–H and O–H groups in total. The lowest BCUT2D eigenvalue weighted by Gasteiger charge is -2.14. The van der Waals surface area contributed by atoms with Crippen LogP contribution in [0.25, 0.3) is 5.57 Å². The van der Waals surface area contributed by atoms with Crippen LogP contribution in [-0.4, -0.2) is 24.4 Å². The number of benzene rings is 2. The normalized spacial score (nSPS) is 15.3. The van der Waals surface area contributed by atoms with Crippen molar-refractivity contribution in [1.82, 2.24) is 0 Å². The molecule has 0 radical (unpaired) electrons. The summed E-state index contributed by atoms with van der Waals surface area (Å²) >= 11 is 0. The average Bonchev–Trinajstić information content (AvgIpc) is 3.08. The third-order valence-electron chi connectivity index (χ3n) is 4.72. The van der Waals surface area contributed by atoms with Gasteiger partial charge in [-0.05, 0) is 50.6 Å². The molecule has 0 atom stereocenters. The molecule has 3 rings (SSSR count). The number of rotatable bonds is 6. The van der Waals surface area contributed by atoms with Gasteiger partial charge in [0.1, 0.15) is 13.3 Å². The van der Waals surface area contributed by atoms with E-state index in [1.807, 2.05) is 34.9 Å². The van der Waals surface area contributed by atoms with Crippen molar-refractivity contribution in [2.24, 2.45) is 0 Å². The van der Waals surface area contributed by atoms with Crippen LogP contribution in [0, 0.1) is 0 Å². The molecule has 0 unspecified atom stereocenters. The van der Waals surface area contributed by atoms with E-state index in [0.29, 0.717) is 0 Å². The minimum absolute atomic E-state index is 0.853. The zero-order valence-corrected chi connectivity index (χ0v) is 16.4. The molecule has 1 aliphatic rings. The first-order valence-corrected chi connectivity index (χ1v) is 9.46. The second kappa shape index (κ2) is 8.54. The Bertz CT molecular complexity index is 921. The highest BCUT2D eigenvalue weighted by Crippen LogP contribution is 2.38. The Morgan fingerprint density at radius 1 is 1.11 bits per heavy atom. The van der Waals surface area contributed by atoms with Gasteiger partial charge in [0, 0.05) is 12.6 Å². The van der Waals surface area contributed by atoms with Gasteiger partial charge in [-0.25, -0.2) is 4.58 Å². The molecule has 27 heavy (non-hydrogen) atoms. The standard InChI is InChI=1S/C24H27N2O/c1-5-19(20-14-8-9-15-21(20)25(4)6-2)13-12-18-24-26(7-3)22-16-10-11-17-23(22)27-24/h5,8-18H,4,6-7H2,1-3H3/q+1/b13-12+,19-5-,24-18-. The van der Waals surface area contributed by atoms with E-state index in [4.69, 9.17) is 4.74 Å². The van der Waals surface area contributed by atoms with Gasteiger partial charge in [0.2, 0.25) is 11.6 Å². The largest absolute Gasteiger partial charge is 0.439 e. The van der Waals surface area contributed by atoms with Gasteiger partial charge in [0.25, 0.3) is 0 Å².